The summed E-state index contributed by atoms with van der Waals surface area (Å²) in [5, 5.41) is 3.70. The van der Waals surface area contributed by atoms with Crippen molar-refractivity contribution >= 4 is 11.8 Å². The van der Waals surface area contributed by atoms with Crippen LogP contribution in [-0.2, 0) is 4.79 Å². The molecule has 0 aliphatic carbocycles. The third-order valence-corrected chi connectivity index (χ3v) is 6.62. The number of carbonyl (C=O) groups excluding carboxylic acids is 2. The Hall–Kier alpha value is -2.08. The highest BCUT2D eigenvalue weighted by Crippen LogP contribution is 2.35. The highest BCUT2D eigenvalue weighted by atomic mass is 16.5. The summed E-state index contributed by atoms with van der Waals surface area (Å²) in [4.78, 5) is 30.3. The number of carbonyl (C=O) groups is 2. The maximum absolute atomic E-state index is 13.2. The fraction of sp³-hybridized carbons (Fsp3) is 0.667. The van der Waals surface area contributed by atoms with Crippen LogP contribution < -0.4 is 10.1 Å². The molecule has 2 atom stereocenters. The molecule has 0 unspecified atom stereocenters. The Morgan fingerprint density at radius 1 is 1.27 bits per heavy atom. The van der Waals surface area contributed by atoms with Crippen LogP contribution in [0, 0.1) is 11.8 Å². The number of likely N-dealkylation sites (tertiary alicyclic amines) is 1. The fourth-order valence-electron chi connectivity index (χ4n) is 4.63. The van der Waals surface area contributed by atoms with Crippen molar-refractivity contribution < 1.29 is 14.3 Å². The SMILES string of the molecule is CC[C@H](C)CN1C(=O)[C@H](CC(C)C)NC12CCN(C(=O)c1cccc(OC)c1)CC2. The summed E-state index contributed by atoms with van der Waals surface area (Å²) in [6.45, 7) is 10.8. The molecule has 3 rings (SSSR count). The van der Waals surface area contributed by atoms with Gasteiger partial charge in [0, 0.05) is 38.0 Å². The minimum absolute atomic E-state index is 0.0280. The van der Waals surface area contributed by atoms with E-state index in [4.69, 9.17) is 4.74 Å². The van der Waals surface area contributed by atoms with Gasteiger partial charge in [0.25, 0.3) is 5.91 Å². The van der Waals surface area contributed by atoms with Crippen LogP contribution in [-0.4, -0.2) is 60.1 Å². The van der Waals surface area contributed by atoms with E-state index in [-0.39, 0.29) is 23.5 Å². The molecule has 2 heterocycles. The first-order valence-corrected chi connectivity index (χ1v) is 11.3. The Balaban J connectivity index is 1.74. The van der Waals surface area contributed by atoms with E-state index < -0.39 is 0 Å². The van der Waals surface area contributed by atoms with Gasteiger partial charge in [-0.1, -0.05) is 40.2 Å². The Morgan fingerprint density at radius 2 is 1.97 bits per heavy atom. The van der Waals surface area contributed by atoms with Crippen LogP contribution in [0.25, 0.3) is 0 Å². The molecule has 1 spiro atoms. The van der Waals surface area contributed by atoms with Crippen LogP contribution in [0.3, 0.4) is 0 Å². The summed E-state index contributed by atoms with van der Waals surface area (Å²) < 4.78 is 5.26. The molecule has 2 saturated heterocycles. The summed E-state index contributed by atoms with van der Waals surface area (Å²) in [6, 6.07) is 7.20. The van der Waals surface area contributed by atoms with Gasteiger partial charge in [-0.2, -0.15) is 0 Å². The lowest BCUT2D eigenvalue weighted by molar-refractivity contribution is -0.134. The van der Waals surface area contributed by atoms with Crippen LogP contribution >= 0.6 is 0 Å². The number of benzene rings is 1. The first-order valence-electron chi connectivity index (χ1n) is 11.3. The van der Waals surface area contributed by atoms with Crippen molar-refractivity contribution in [2.75, 3.05) is 26.7 Å². The molecular formula is C24H37N3O3. The minimum atomic E-state index is -0.328. The highest BCUT2D eigenvalue weighted by molar-refractivity contribution is 5.94. The van der Waals surface area contributed by atoms with E-state index in [9.17, 15) is 9.59 Å². The zero-order valence-electron chi connectivity index (χ0n) is 19.1. The van der Waals surface area contributed by atoms with Gasteiger partial charge >= 0.3 is 0 Å². The molecule has 2 fully saturated rings. The van der Waals surface area contributed by atoms with Crippen molar-refractivity contribution in [1.82, 2.24) is 15.1 Å². The summed E-state index contributed by atoms with van der Waals surface area (Å²) in [7, 11) is 1.61. The molecule has 2 aliphatic heterocycles. The molecule has 2 aliphatic rings. The lowest BCUT2D eigenvalue weighted by Gasteiger charge is -2.45. The Morgan fingerprint density at radius 3 is 2.57 bits per heavy atom. The summed E-state index contributed by atoms with van der Waals surface area (Å²) in [5.74, 6) is 1.87. The van der Waals surface area contributed by atoms with Gasteiger partial charge in [0.1, 0.15) is 5.75 Å². The van der Waals surface area contributed by atoms with Crippen LogP contribution in [0.15, 0.2) is 24.3 Å². The minimum Gasteiger partial charge on any atom is -0.497 e. The third-order valence-electron chi connectivity index (χ3n) is 6.62. The first-order chi connectivity index (χ1) is 14.3. The molecule has 0 radical (unpaired) electrons. The van der Waals surface area contributed by atoms with Crippen LogP contribution in [0.1, 0.15) is 63.7 Å². The standard InChI is InChI=1S/C24H37N3O3/c1-6-18(4)16-27-23(29)21(14-17(2)3)25-24(27)10-12-26(13-11-24)22(28)19-8-7-9-20(15-19)30-5/h7-9,15,17-18,21,25H,6,10-14,16H2,1-5H3/t18-,21-/m0/s1. The third kappa shape index (κ3) is 4.64. The van der Waals surface area contributed by atoms with Gasteiger partial charge in [-0.15, -0.1) is 0 Å². The van der Waals surface area contributed by atoms with E-state index in [0.717, 1.165) is 32.2 Å². The molecule has 30 heavy (non-hydrogen) atoms. The number of hydrogen-bond donors (Lipinski definition) is 1. The molecule has 0 aromatic heterocycles. The second kappa shape index (κ2) is 9.38. The van der Waals surface area contributed by atoms with Gasteiger partial charge in [-0.05, 0) is 36.5 Å². The Labute approximate surface area is 180 Å². The predicted octanol–water partition coefficient (Wildman–Crippen LogP) is 3.52. The van der Waals surface area contributed by atoms with E-state index in [1.807, 2.05) is 23.1 Å². The topological polar surface area (TPSA) is 61.9 Å². The van der Waals surface area contributed by atoms with E-state index in [0.29, 0.717) is 36.2 Å². The maximum atomic E-state index is 13.2. The number of nitrogens with one attached hydrogen (secondary N) is 1. The van der Waals surface area contributed by atoms with Crippen LogP contribution in [0.2, 0.25) is 0 Å². The molecule has 0 bridgehead atoms. The van der Waals surface area contributed by atoms with Crippen molar-refractivity contribution in [3.8, 4) is 5.75 Å². The predicted molar refractivity (Wildman–Crippen MR) is 118 cm³/mol. The number of nitrogens with zero attached hydrogens (tertiary/aromatic N) is 2. The number of ether oxygens (including phenoxy) is 1. The monoisotopic (exact) mass is 415 g/mol. The van der Waals surface area contributed by atoms with Crippen LogP contribution in [0.5, 0.6) is 5.75 Å². The fourth-order valence-corrected chi connectivity index (χ4v) is 4.63. The van der Waals surface area contributed by atoms with Crippen molar-refractivity contribution in [3.05, 3.63) is 29.8 Å². The Bertz CT molecular complexity index is 756. The number of rotatable bonds is 7. The average molecular weight is 416 g/mol. The molecule has 2 amide bonds. The molecule has 6 heteroatoms. The largest absolute Gasteiger partial charge is 0.497 e. The molecule has 6 nitrogen and oxygen atoms in total. The van der Waals surface area contributed by atoms with E-state index in [1.54, 1.807) is 13.2 Å². The van der Waals surface area contributed by atoms with Gasteiger partial charge in [0.15, 0.2) is 0 Å². The zero-order chi connectivity index (χ0) is 21.9. The molecule has 1 N–H and O–H groups in total. The van der Waals surface area contributed by atoms with Crippen molar-refractivity contribution in [1.29, 1.82) is 0 Å². The number of hydrogen-bond acceptors (Lipinski definition) is 4. The average Bonchev–Trinajstić information content (AvgIpc) is 2.98. The number of methoxy groups -OCH3 is 1. The van der Waals surface area contributed by atoms with Crippen molar-refractivity contribution in [2.45, 2.75) is 65.1 Å². The van der Waals surface area contributed by atoms with E-state index in [1.165, 1.54) is 0 Å². The summed E-state index contributed by atoms with van der Waals surface area (Å²) in [5.41, 5.74) is 0.320. The molecule has 1 aromatic carbocycles. The quantitative estimate of drug-likeness (QED) is 0.740. The smallest absolute Gasteiger partial charge is 0.253 e. The normalized spacial score (nSPS) is 22.1. The highest BCUT2D eigenvalue weighted by Gasteiger charge is 2.51. The van der Waals surface area contributed by atoms with Gasteiger partial charge < -0.3 is 14.5 Å². The van der Waals surface area contributed by atoms with Crippen molar-refractivity contribution in [3.63, 3.8) is 0 Å². The van der Waals surface area contributed by atoms with Gasteiger partial charge in [-0.3, -0.25) is 14.9 Å². The number of piperidine rings is 1. The van der Waals surface area contributed by atoms with Gasteiger partial charge in [0.2, 0.25) is 5.91 Å². The van der Waals surface area contributed by atoms with Crippen LogP contribution in [0.4, 0.5) is 0 Å². The zero-order valence-corrected chi connectivity index (χ0v) is 19.1. The molecular weight excluding hydrogens is 378 g/mol. The van der Waals surface area contributed by atoms with Gasteiger partial charge in [0.05, 0.1) is 18.8 Å². The molecule has 166 valence electrons. The second-order valence-electron chi connectivity index (χ2n) is 9.34. The van der Waals surface area contributed by atoms with Gasteiger partial charge in [-0.25, -0.2) is 0 Å². The summed E-state index contributed by atoms with van der Waals surface area (Å²) >= 11 is 0. The number of amides is 2. The summed E-state index contributed by atoms with van der Waals surface area (Å²) in [6.07, 6.45) is 3.43. The molecule has 1 aromatic rings. The second-order valence-corrected chi connectivity index (χ2v) is 9.34. The lowest BCUT2D eigenvalue weighted by Crippen LogP contribution is -2.60. The van der Waals surface area contributed by atoms with E-state index >= 15 is 0 Å². The molecule has 0 saturated carbocycles. The first kappa shape index (κ1) is 22.6. The van der Waals surface area contributed by atoms with Crippen molar-refractivity contribution in [2.24, 2.45) is 11.8 Å². The van der Waals surface area contributed by atoms with E-state index in [2.05, 4.69) is 37.9 Å². The lowest BCUT2D eigenvalue weighted by atomic mass is 9.94. The maximum Gasteiger partial charge on any atom is 0.253 e. The Kier molecular flexibility index (Phi) is 7.06.